The maximum Gasteiger partial charge on any atom is 0.276 e. The Bertz CT molecular complexity index is 474. The summed E-state index contributed by atoms with van der Waals surface area (Å²) >= 11 is 0. The van der Waals surface area contributed by atoms with Crippen LogP contribution in [0.5, 0.6) is 0 Å². The van der Waals surface area contributed by atoms with Gasteiger partial charge in [0, 0.05) is 19.1 Å². The van der Waals surface area contributed by atoms with E-state index in [1.165, 1.54) is 0 Å². The van der Waals surface area contributed by atoms with Gasteiger partial charge in [-0.3, -0.25) is 14.9 Å². The largest absolute Gasteiger partial charge is 0.381 e. The van der Waals surface area contributed by atoms with E-state index >= 15 is 0 Å². The Morgan fingerprint density at radius 1 is 1.35 bits per heavy atom. The number of nitrogens with one attached hydrogen (secondary N) is 1. The van der Waals surface area contributed by atoms with Gasteiger partial charge in [-0.1, -0.05) is 0 Å². The fourth-order valence-corrected chi connectivity index (χ4v) is 2.39. The summed E-state index contributed by atoms with van der Waals surface area (Å²) in [6.45, 7) is 1.62. The lowest BCUT2D eigenvalue weighted by molar-refractivity contribution is -0.121. The third kappa shape index (κ3) is 1.74. The minimum Gasteiger partial charge on any atom is -0.381 e. The predicted octanol–water partition coefficient (Wildman–Crippen LogP) is 0.0471. The van der Waals surface area contributed by atoms with E-state index in [9.17, 15) is 9.59 Å². The van der Waals surface area contributed by atoms with Crippen molar-refractivity contribution in [2.75, 3.05) is 13.2 Å². The van der Waals surface area contributed by atoms with Crippen molar-refractivity contribution in [3.8, 4) is 0 Å². The zero-order chi connectivity index (χ0) is 11.8. The Kier molecular flexibility index (Phi) is 2.44. The zero-order valence-electron chi connectivity index (χ0n) is 9.31. The SMILES string of the molecule is O=C1Cn2c(cnc2C2CCOCC2)C(=O)N1. The topological polar surface area (TPSA) is 73.2 Å². The van der Waals surface area contributed by atoms with Gasteiger partial charge in [-0.2, -0.15) is 0 Å². The molecule has 0 bridgehead atoms. The summed E-state index contributed by atoms with van der Waals surface area (Å²) in [7, 11) is 0. The van der Waals surface area contributed by atoms with E-state index in [1.54, 1.807) is 10.8 Å². The molecule has 0 aliphatic carbocycles. The second-order valence-electron chi connectivity index (χ2n) is 4.35. The van der Waals surface area contributed by atoms with Gasteiger partial charge in [0.15, 0.2) is 0 Å². The van der Waals surface area contributed by atoms with Crippen molar-refractivity contribution >= 4 is 11.8 Å². The highest BCUT2D eigenvalue weighted by molar-refractivity contribution is 6.06. The minimum atomic E-state index is -0.355. The fraction of sp³-hybridized carbons (Fsp3) is 0.545. The van der Waals surface area contributed by atoms with Crippen molar-refractivity contribution in [3.63, 3.8) is 0 Å². The molecule has 0 aromatic carbocycles. The Hall–Kier alpha value is -1.69. The van der Waals surface area contributed by atoms with Crippen LogP contribution < -0.4 is 5.32 Å². The normalized spacial score (nSPS) is 21.2. The van der Waals surface area contributed by atoms with Crippen molar-refractivity contribution in [1.29, 1.82) is 0 Å². The summed E-state index contributed by atoms with van der Waals surface area (Å²) in [5.74, 6) is 0.503. The van der Waals surface area contributed by atoms with Crippen LogP contribution in [0.2, 0.25) is 0 Å². The van der Waals surface area contributed by atoms with Crippen LogP contribution in [-0.4, -0.2) is 34.6 Å². The van der Waals surface area contributed by atoms with Crippen molar-refractivity contribution in [2.45, 2.75) is 25.3 Å². The molecule has 0 atom stereocenters. The fourth-order valence-electron chi connectivity index (χ4n) is 2.39. The first kappa shape index (κ1) is 10.5. The summed E-state index contributed by atoms with van der Waals surface area (Å²) in [6, 6.07) is 0. The highest BCUT2D eigenvalue weighted by Crippen LogP contribution is 2.27. The van der Waals surface area contributed by atoms with E-state index in [0.717, 1.165) is 18.7 Å². The Labute approximate surface area is 98.0 Å². The molecule has 1 N–H and O–H groups in total. The van der Waals surface area contributed by atoms with Crippen LogP contribution in [0.3, 0.4) is 0 Å². The summed E-state index contributed by atoms with van der Waals surface area (Å²) in [4.78, 5) is 27.2. The van der Waals surface area contributed by atoms with Crippen LogP contribution in [0.4, 0.5) is 0 Å². The Morgan fingerprint density at radius 2 is 2.12 bits per heavy atom. The van der Waals surface area contributed by atoms with E-state index in [2.05, 4.69) is 10.3 Å². The average molecular weight is 235 g/mol. The molecule has 2 aliphatic heterocycles. The van der Waals surface area contributed by atoms with Gasteiger partial charge >= 0.3 is 0 Å². The van der Waals surface area contributed by atoms with Crippen molar-refractivity contribution < 1.29 is 14.3 Å². The minimum absolute atomic E-state index is 0.188. The van der Waals surface area contributed by atoms with Crippen LogP contribution in [0.15, 0.2) is 6.20 Å². The average Bonchev–Trinajstić information content (AvgIpc) is 2.74. The van der Waals surface area contributed by atoms with E-state index in [4.69, 9.17) is 4.74 Å². The van der Waals surface area contributed by atoms with Gasteiger partial charge in [-0.15, -0.1) is 0 Å². The smallest absolute Gasteiger partial charge is 0.276 e. The quantitative estimate of drug-likeness (QED) is 0.698. The number of rotatable bonds is 1. The first-order valence-electron chi connectivity index (χ1n) is 5.73. The highest BCUT2D eigenvalue weighted by atomic mass is 16.5. The summed E-state index contributed by atoms with van der Waals surface area (Å²) in [6.07, 6.45) is 3.34. The number of imide groups is 1. The number of hydrogen-bond donors (Lipinski definition) is 1. The van der Waals surface area contributed by atoms with Gasteiger partial charge in [-0.25, -0.2) is 4.98 Å². The first-order valence-corrected chi connectivity index (χ1v) is 5.73. The van der Waals surface area contributed by atoms with Crippen LogP contribution in [0.1, 0.15) is 35.1 Å². The van der Waals surface area contributed by atoms with Gasteiger partial charge in [0.2, 0.25) is 5.91 Å². The molecule has 2 amide bonds. The van der Waals surface area contributed by atoms with Crippen LogP contribution >= 0.6 is 0 Å². The molecule has 0 spiro atoms. The molecule has 2 aliphatic rings. The standard InChI is InChI=1S/C11H13N3O3/c15-9-6-14-8(11(16)13-9)5-12-10(14)7-1-3-17-4-2-7/h5,7H,1-4,6H2,(H,13,15,16). The molecule has 90 valence electrons. The second kappa shape index (κ2) is 3.96. The molecular weight excluding hydrogens is 222 g/mol. The van der Waals surface area contributed by atoms with Crippen molar-refractivity contribution in [2.24, 2.45) is 0 Å². The third-order valence-corrected chi connectivity index (χ3v) is 3.26. The van der Waals surface area contributed by atoms with Crippen molar-refractivity contribution in [3.05, 3.63) is 17.7 Å². The molecule has 0 saturated carbocycles. The molecule has 3 heterocycles. The van der Waals surface area contributed by atoms with Gasteiger partial charge in [0.05, 0.1) is 6.20 Å². The van der Waals surface area contributed by atoms with Crippen LogP contribution in [0, 0.1) is 0 Å². The number of imidazole rings is 1. The number of amides is 2. The first-order chi connectivity index (χ1) is 8.25. The summed E-state index contributed by atoms with van der Waals surface area (Å²) in [5.41, 5.74) is 0.478. The number of carbonyl (C=O) groups excluding carboxylic acids is 2. The number of ether oxygens (including phenoxy) is 1. The number of carbonyl (C=O) groups is 2. The van der Waals surface area contributed by atoms with Gasteiger partial charge in [-0.05, 0) is 12.8 Å². The second-order valence-corrected chi connectivity index (χ2v) is 4.35. The van der Waals surface area contributed by atoms with Gasteiger partial charge in [0.1, 0.15) is 18.1 Å². The van der Waals surface area contributed by atoms with Gasteiger partial charge in [0.25, 0.3) is 5.91 Å². The molecule has 0 radical (unpaired) electrons. The molecule has 1 fully saturated rings. The van der Waals surface area contributed by atoms with E-state index < -0.39 is 0 Å². The predicted molar refractivity (Wildman–Crippen MR) is 57.5 cm³/mol. The molecule has 1 aromatic heterocycles. The Balaban J connectivity index is 1.96. The summed E-state index contributed by atoms with van der Waals surface area (Å²) < 4.78 is 7.03. The monoisotopic (exact) mass is 235 g/mol. The molecule has 3 rings (SSSR count). The Morgan fingerprint density at radius 3 is 2.88 bits per heavy atom. The highest BCUT2D eigenvalue weighted by Gasteiger charge is 2.29. The van der Waals surface area contributed by atoms with Crippen LogP contribution in [-0.2, 0) is 16.1 Å². The lowest BCUT2D eigenvalue weighted by Gasteiger charge is -2.24. The number of aromatic nitrogens is 2. The van der Waals surface area contributed by atoms with Crippen molar-refractivity contribution in [1.82, 2.24) is 14.9 Å². The van der Waals surface area contributed by atoms with E-state index in [-0.39, 0.29) is 24.3 Å². The molecule has 6 nitrogen and oxygen atoms in total. The lowest BCUT2D eigenvalue weighted by atomic mass is 9.99. The van der Waals surface area contributed by atoms with Gasteiger partial charge < -0.3 is 9.30 Å². The molecule has 1 aromatic rings. The maximum absolute atomic E-state index is 11.6. The van der Waals surface area contributed by atoms with Crippen LogP contribution in [0.25, 0.3) is 0 Å². The molecule has 1 saturated heterocycles. The van der Waals surface area contributed by atoms with E-state index in [0.29, 0.717) is 18.9 Å². The summed E-state index contributed by atoms with van der Waals surface area (Å²) in [5, 5.41) is 2.29. The zero-order valence-corrected chi connectivity index (χ0v) is 9.31. The molecule has 17 heavy (non-hydrogen) atoms. The van der Waals surface area contributed by atoms with E-state index in [1.807, 2.05) is 0 Å². The molecule has 0 unspecified atom stereocenters. The number of nitrogens with zero attached hydrogens (tertiary/aromatic N) is 2. The lowest BCUT2D eigenvalue weighted by Crippen LogP contribution is -2.41. The third-order valence-electron chi connectivity index (χ3n) is 3.26. The number of hydrogen-bond acceptors (Lipinski definition) is 4. The molecular formula is C11H13N3O3. The maximum atomic E-state index is 11.6. The molecule has 6 heteroatoms. The number of fused-ring (bicyclic) bond motifs is 1.